The lowest BCUT2D eigenvalue weighted by molar-refractivity contribution is -0.137. The first-order valence-corrected chi connectivity index (χ1v) is 10.6. The number of para-hydroxylation sites is 1. The van der Waals surface area contributed by atoms with Gasteiger partial charge in [-0.3, -0.25) is 0 Å². The van der Waals surface area contributed by atoms with Crippen LogP contribution in [-0.2, 0) is 11.9 Å². The number of rotatable bonds is 7. The van der Waals surface area contributed by atoms with Crippen LogP contribution in [0.5, 0.6) is 5.75 Å². The maximum Gasteiger partial charge on any atom is 0.418 e. The number of alkyl halides is 3. The molecule has 13 heteroatoms. The summed E-state index contributed by atoms with van der Waals surface area (Å²) < 4.78 is 52.6. The number of nitrogens with zero attached hydrogens (tertiary/aromatic N) is 6. The monoisotopic (exact) mass is 482 g/mol. The van der Waals surface area contributed by atoms with Crippen molar-refractivity contribution in [2.24, 2.45) is 0 Å². The van der Waals surface area contributed by atoms with E-state index in [4.69, 9.17) is 20.8 Å². The van der Waals surface area contributed by atoms with Gasteiger partial charge in [0.2, 0.25) is 0 Å². The van der Waals surface area contributed by atoms with Gasteiger partial charge in [-0.05, 0) is 47.7 Å². The lowest BCUT2D eigenvalue weighted by Gasteiger charge is -2.13. The first-order valence-electron chi connectivity index (χ1n) is 9.19. The molecule has 0 saturated carbocycles. The van der Waals surface area contributed by atoms with Crippen molar-refractivity contribution in [3.05, 3.63) is 58.9 Å². The van der Waals surface area contributed by atoms with Crippen molar-refractivity contribution >= 4 is 23.4 Å². The molecule has 2 aromatic heterocycles. The highest BCUT2D eigenvalue weighted by atomic mass is 35.5. The average molecular weight is 483 g/mol. The Morgan fingerprint density at radius 3 is 2.72 bits per heavy atom. The molecule has 0 spiro atoms. The molecule has 2 heterocycles. The maximum absolute atomic E-state index is 13.5. The van der Waals surface area contributed by atoms with E-state index < -0.39 is 11.7 Å². The van der Waals surface area contributed by atoms with Crippen molar-refractivity contribution in [2.75, 3.05) is 6.61 Å². The molecule has 0 atom stereocenters. The number of ether oxygens (including phenoxy) is 1. The molecule has 0 saturated heterocycles. The maximum atomic E-state index is 13.5. The first-order chi connectivity index (χ1) is 15.4. The number of halogens is 4. The number of benzene rings is 2. The Morgan fingerprint density at radius 1 is 1.12 bits per heavy atom. The minimum atomic E-state index is -4.63. The number of tetrazole rings is 1. The van der Waals surface area contributed by atoms with Gasteiger partial charge in [0.25, 0.3) is 11.1 Å². The van der Waals surface area contributed by atoms with Crippen molar-refractivity contribution in [1.82, 2.24) is 30.4 Å². The summed E-state index contributed by atoms with van der Waals surface area (Å²) in [6.45, 7) is 2.33. The van der Waals surface area contributed by atoms with Gasteiger partial charge < -0.3 is 9.15 Å². The molecular weight excluding hydrogens is 469 g/mol. The van der Waals surface area contributed by atoms with Crippen LogP contribution in [0.2, 0.25) is 5.02 Å². The lowest BCUT2D eigenvalue weighted by Crippen LogP contribution is -2.13. The van der Waals surface area contributed by atoms with Crippen LogP contribution in [0.4, 0.5) is 13.2 Å². The fourth-order valence-corrected chi connectivity index (χ4v) is 3.67. The Kier molecular flexibility index (Phi) is 6.33. The summed E-state index contributed by atoms with van der Waals surface area (Å²) in [5.74, 6) is 1.11. The summed E-state index contributed by atoms with van der Waals surface area (Å²) in [5.41, 5.74) is -0.551. The molecule has 0 N–H and O–H groups in total. The summed E-state index contributed by atoms with van der Waals surface area (Å²) in [5, 5.41) is 19.2. The Bertz CT molecular complexity index is 1230. The highest BCUT2D eigenvalue weighted by Gasteiger charge is 2.35. The van der Waals surface area contributed by atoms with Crippen LogP contribution in [0, 0.1) is 0 Å². The van der Waals surface area contributed by atoms with E-state index in [1.165, 1.54) is 12.1 Å². The zero-order chi connectivity index (χ0) is 22.7. The molecule has 0 aliphatic carbocycles. The molecule has 0 aliphatic heterocycles. The summed E-state index contributed by atoms with van der Waals surface area (Å²) in [7, 11) is 0. The zero-order valence-electron chi connectivity index (χ0n) is 16.4. The van der Waals surface area contributed by atoms with Gasteiger partial charge in [0, 0.05) is 5.02 Å². The van der Waals surface area contributed by atoms with Gasteiger partial charge in [-0.15, -0.1) is 15.3 Å². The number of hydrogen-bond donors (Lipinski definition) is 0. The third-order valence-electron chi connectivity index (χ3n) is 4.17. The number of aromatic nitrogens is 6. The number of hydrogen-bond acceptors (Lipinski definition) is 8. The largest absolute Gasteiger partial charge is 0.493 e. The second-order valence-corrected chi connectivity index (χ2v) is 7.62. The van der Waals surface area contributed by atoms with Crippen molar-refractivity contribution in [3.63, 3.8) is 0 Å². The van der Waals surface area contributed by atoms with E-state index in [1.807, 2.05) is 19.1 Å². The molecule has 4 rings (SSSR count). The molecule has 8 nitrogen and oxygen atoms in total. The van der Waals surface area contributed by atoms with E-state index >= 15 is 0 Å². The minimum Gasteiger partial charge on any atom is -0.493 e. The van der Waals surface area contributed by atoms with E-state index in [1.54, 1.807) is 12.1 Å². The topological polar surface area (TPSA) is 91.8 Å². The highest BCUT2D eigenvalue weighted by Crippen LogP contribution is 2.36. The predicted octanol–water partition coefficient (Wildman–Crippen LogP) is 5.08. The number of thioether (sulfide) groups is 1. The third kappa shape index (κ3) is 4.70. The van der Waals surface area contributed by atoms with Gasteiger partial charge in [0.05, 0.1) is 29.2 Å². The van der Waals surface area contributed by atoms with Crippen LogP contribution in [-0.4, -0.2) is 37.0 Å². The van der Waals surface area contributed by atoms with Gasteiger partial charge >= 0.3 is 6.18 Å². The molecule has 0 aliphatic rings. The fraction of sp³-hybridized carbons (Fsp3) is 0.211. The Balaban J connectivity index is 1.56. The molecule has 0 unspecified atom stereocenters. The second-order valence-electron chi connectivity index (χ2n) is 6.26. The smallest absolute Gasteiger partial charge is 0.418 e. The molecule has 4 aromatic rings. The second kappa shape index (κ2) is 9.17. The van der Waals surface area contributed by atoms with E-state index in [0.717, 1.165) is 22.5 Å². The Labute approximate surface area is 188 Å². The van der Waals surface area contributed by atoms with Crippen molar-refractivity contribution in [3.8, 4) is 22.9 Å². The molecule has 0 radical (unpaired) electrons. The normalized spacial score (nSPS) is 11.7. The van der Waals surface area contributed by atoms with E-state index in [-0.39, 0.29) is 33.4 Å². The molecule has 0 fully saturated rings. The molecular formula is C19H14ClF3N6O2S. The summed E-state index contributed by atoms with van der Waals surface area (Å²) in [6, 6.07) is 10.6. The predicted molar refractivity (Wildman–Crippen MR) is 110 cm³/mol. The molecule has 2 aromatic carbocycles. The summed E-state index contributed by atoms with van der Waals surface area (Å²) in [4.78, 5) is 0. The van der Waals surface area contributed by atoms with Crippen LogP contribution in [0.25, 0.3) is 17.1 Å². The molecule has 0 amide bonds. The van der Waals surface area contributed by atoms with Gasteiger partial charge in [-0.25, -0.2) is 0 Å². The van der Waals surface area contributed by atoms with Gasteiger partial charge in [0.1, 0.15) is 5.75 Å². The fourth-order valence-electron chi connectivity index (χ4n) is 2.83. The van der Waals surface area contributed by atoms with Crippen molar-refractivity contribution in [2.45, 2.75) is 24.1 Å². The Hall–Kier alpha value is -3.12. The van der Waals surface area contributed by atoms with Crippen molar-refractivity contribution < 1.29 is 22.3 Å². The standard InChI is InChI=1S/C19H14ClF3N6O2S/c1-2-30-15-6-4-3-5-12(15)17-25-26-18(31-17)32-10-16-24-27-28-29(16)14-8-7-11(20)9-13(14)19(21,22)23/h3-9H,2,10H2,1H3. The Morgan fingerprint density at radius 2 is 1.94 bits per heavy atom. The zero-order valence-corrected chi connectivity index (χ0v) is 17.9. The van der Waals surface area contributed by atoms with Crippen LogP contribution >= 0.6 is 23.4 Å². The van der Waals surface area contributed by atoms with Crippen LogP contribution in [0.1, 0.15) is 18.3 Å². The molecule has 32 heavy (non-hydrogen) atoms. The van der Waals surface area contributed by atoms with E-state index in [0.29, 0.717) is 17.9 Å². The van der Waals surface area contributed by atoms with E-state index in [2.05, 4.69) is 25.7 Å². The van der Waals surface area contributed by atoms with Gasteiger partial charge in [-0.1, -0.05) is 35.5 Å². The van der Waals surface area contributed by atoms with E-state index in [9.17, 15) is 13.2 Å². The van der Waals surface area contributed by atoms with Gasteiger partial charge in [-0.2, -0.15) is 17.9 Å². The van der Waals surface area contributed by atoms with Crippen LogP contribution in [0.3, 0.4) is 0 Å². The SMILES string of the molecule is CCOc1ccccc1-c1nnc(SCc2nnnn2-c2ccc(Cl)cc2C(F)(F)F)o1. The third-order valence-corrected chi connectivity index (χ3v) is 5.22. The van der Waals surface area contributed by atoms with Crippen LogP contribution in [0.15, 0.2) is 52.1 Å². The highest BCUT2D eigenvalue weighted by molar-refractivity contribution is 7.98. The molecule has 166 valence electrons. The quantitative estimate of drug-likeness (QED) is 0.337. The van der Waals surface area contributed by atoms with Crippen LogP contribution < -0.4 is 4.74 Å². The lowest BCUT2D eigenvalue weighted by atomic mass is 10.1. The summed E-state index contributed by atoms with van der Waals surface area (Å²) in [6.07, 6.45) is -4.63. The van der Waals surface area contributed by atoms with Crippen molar-refractivity contribution in [1.29, 1.82) is 0 Å². The first kappa shape index (κ1) is 22.1. The summed E-state index contributed by atoms with van der Waals surface area (Å²) >= 11 is 6.83. The van der Waals surface area contributed by atoms with Gasteiger partial charge in [0.15, 0.2) is 5.82 Å². The molecule has 0 bridgehead atoms. The minimum absolute atomic E-state index is 0.0456. The average Bonchev–Trinajstić information content (AvgIpc) is 3.42.